The smallest absolute Gasteiger partial charge is 0.225 e. The van der Waals surface area contributed by atoms with Gasteiger partial charge in [-0.05, 0) is 67.7 Å². The van der Waals surface area contributed by atoms with Crippen LogP contribution >= 0.6 is 11.6 Å². The van der Waals surface area contributed by atoms with Gasteiger partial charge in [-0.2, -0.15) is 15.0 Å². The van der Waals surface area contributed by atoms with Crippen molar-refractivity contribution in [3.63, 3.8) is 0 Å². The molecule has 0 spiro atoms. The molecule has 1 aliphatic heterocycles. The lowest BCUT2D eigenvalue weighted by Crippen LogP contribution is -2.35. The number of rotatable bonds is 7. The number of ether oxygens (including phenoxy) is 1. The van der Waals surface area contributed by atoms with Gasteiger partial charge in [-0.25, -0.2) is 9.97 Å². The van der Waals surface area contributed by atoms with Gasteiger partial charge in [-0.15, -0.1) is 0 Å². The number of piperidine rings is 1. The third-order valence-corrected chi connectivity index (χ3v) is 6.45. The summed E-state index contributed by atoms with van der Waals surface area (Å²) in [5.41, 5.74) is 0.935. The summed E-state index contributed by atoms with van der Waals surface area (Å²) in [4.78, 5) is 12.6. The Morgan fingerprint density at radius 1 is 1.00 bits per heavy atom. The summed E-state index contributed by atoms with van der Waals surface area (Å²) in [6.07, 6.45) is 11.6. The Morgan fingerprint density at radius 3 is 2.40 bits per heavy atom. The maximum atomic E-state index is 5.96. The SMILES string of the molecule is Clc1cnc(N2CCC([C@@H]3C[C@@H]3CCOc3ccc(-n4nccn4)cc3)CC2)nc1. The highest BCUT2D eigenvalue weighted by Gasteiger charge is 2.43. The van der Waals surface area contributed by atoms with E-state index in [9.17, 15) is 0 Å². The van der Waals surface area contributed by atoms with Crippen molar-refractivity contribution in [3.8, 4) is 11.4 Å². The fraction of sp³-hybridized carbons (Fsp3) is 0.455. The second kappa shape index (κ2) is 8.60. The highest BCUT2D eigenvalue weighted by molar-refractivity contribution is 6.30. The molecule has 0 unspecified atom stereocenters. The van der Waals surface area contributed by atoms with Crippen LogP contribution in [0.1, 0.15) is 25.7 Å². The van der Waals surface area contributed by atoms with Gasteiger partial charge in [0.15, 0.2) is 0 Å². The van der Waals surface area contributed by atoms with Crippen LogP contribution in [-0.4, -0.2) is 44.7 Å². The van der Waals surface area contributed by atoms with E-state index in [-0.39, 0.29) is 0 Å². The van der Waals surface area contributed by atoms with E-state index in [4.69, 9.17) is 16.3 Å². The van der Waals surface area contributed by atoms with Crippen molar-refractivity contribution in [2.75, 3.05) is 24.6 Å². The predicted octanol–water partition coefficient (Wildman–Crippen LogP) is 4.03. The van der Waals surface area contributed by atoms with Crippen molar-refractivity contribution in [1.29, 1.82) is 0 Å². The molecule has 1 saturated heterocycles. The minimum Gasteiger partial charge on any atom is -0.494 e. The summed E-state index contributed by atoms with van der Waals surface area (Å²) in [5, 5.41) is 8.86. The second-order valence-electron chi connectivity index (χ2n) is 8.13. The molecule has 156 valence electrons. The van der Waals surface area contributed by atoms with Crippen molar-refractivity contribution < 1.29 is 4.74 Å². The molecule has 2 atom stereocenters. The quantitative estimate of drug-likeness (QED) is 0.570. The van der Waals surface area contributed by atoms with Crippen LogP contribution in [0, 0.1) is 17.8 Å². The zero-order valence-electron chi connectivity index (χ0n) is 16.8. The predicted molar refractivity (Wildman–Crippen MR) is 115 cm³/mol. The number of benzene rings is 1. The zero-order chi connectivity index (χ0) is 20.3. The minimum atomic E-state index is 0.586. The monoisotopic (exact) mass is 424 g/mol. The molecule has 5 rings (SSSR count). The molecule has 0 N–H and O–H groups in total. The number of nitrogens with zero attached hydrogens (tertiary/aromatic N) is 6. The molecule has 8 heteroatoms. The fourth-order valence-corrected chi connectivity index (χ4v) is 4.63. The van der Waals surface area contributed by atoms with E-state index < -0.39 is 0 Å². The lowest BCUT2D eigenvalue weighted by atomic mass is 9.90. The molecular formula is C22H25ClN6O. The summed E-state index contributed by atoms with van der Waals surface area (Å²) in [6, 6.07) is 7.93. The molecule has 1 aromatic carbocycles. The molecule has 2 aliphatic rings. The summed E-state index contributed by atoms with van der Waals surface area (Å²) < 4.78 is 5.96. The fourth-order valence-electron chi connectivity index (χ4n) is 4.53. The number of hydrogen-bond donors (Lipinski definition) is 0. The second-order valence-corrected chi connectivity index (χ2v) is 8.57. The average Bonchev–Trinajstić information content (AvgIpc) is 3.34. The molecule has 3 heterocycles. The Morgan fingerprint density at radius 2 is 1.70 bits per heavy atom. The van der Waals surface area contributed by atoms with Crippen LogP contribution in [0.2, 0.25) is 5.02 Å². The molecule has 2 fully saturated rings. The number of anilines is 1. The van der Waals surface area contributed by atoms with Crippen LogP contribution in [-0.2, 0) is 0 Å². The maximum absolute atomic E-state index is 5.96. The molecule has 7 nitrogen and oxygen atoms in total. The maximum Gasteiger partial charge on any atom is 0.225 e. The van der Waals surface area contributed by atoms with E-state index in [1.807, 2.05) is 24.3 Å². The molecule has 0 amide bonds. The van der Waals surface area contributed by atoms with Crippen molar-refractivity contribution in [3.05, 3.63) is 54.1 Å². The van der Waals surface area contributed by atoms with Crippen molar-refractivity contribution in [2.45, 2.75) is 25.7 Å². The molecular weight excluding hydrogens is 400 g/mol. The Balaban J connectivity index is 1.03. The van der Waals surface area contributed by atoms with Gasteiger partial charge in [0, 0.05) is 13.1 Å². The first kappa shape index (κ1) is 19.3. The summed E-state index contributed by atoms with van der Waals surface area (Å²) in [6.45, 7) is 2.84. The van der Waals surface area contributed by atoms with Gasteiger partial charge in [0.1, 0.15) is 5.75 Å². The van der Waals surface area contributed by atoms with Crippen LogP contribution in [0.4, 0.5) is 5.95 Å². The third-order valence-electron chi connectivity index (χ3n) is 6.26. The molecule has 1 aliphatic carbocycles. The standard InChI is InChI=1S/C22H25ClN6O/c23-18-14-24-22(25-15-18)28-10-5-16(6-11-28)21-13-17(21)7-12-30-20-3-1-19(2-4-20)29-26-8-9-27-29/h1-4,8-9,14-17,21H,5-7,10-13H2/t17-,21-/m0/s1. The van der Waals surface area contributed by atoms with Gasteiger partial charge >= 0.3 is 0 Å². The van der Waals surface area contributed by atoms with Crippen LogP contribution in [0.15, 0.2) is 49.1 Å². The van der Waals surface area contributed by atoms with Gasteiger partial charge in [-0.3, -0.25) is 0 Å². The van der Waals surface area contributed by atoms with Crippen LogP contribution in [0.5, 0.6) is 5.75 Å². The lowest BCUT2D eigenvalue weighted by molar-refractivity contribution is 0.284. The lowest BCUT2D eigenvalue weighted by Gasteiger charge is -2.32. The van der Waals surface area contributed by atoms with Crippen molar-refractivity contribution in [1.82, 2.24) is 25.0 Å². The summed E-state index contributed by atoms with van der Waals surface area (Å²) in [5.74, 6) is 4.18. The topological polar surface area (TPSA) is 69.0 Å². The first-order valence-electron chi connectivity index (χ1n) is 10.6. The number of aromatic nitrogens is 5. The molecule has 0 bridgehead atoms. The van der Waals surface area contributed by atoms with Gasteiger partial charge in [0.25, 0.3) is 0 Å². The van der Waals surface area contributed by atoms with Crippen molar-refractivity contribution >= 4 is 17.5 Å². The highest BCUT2D eigenvalue weighted by atomic mass is 35.5. The number of halogens is 1. The first-order valence-corrected chi connectivity index (χ1v) is 11.0. The molecule has 2 aromatic heterocycles. The molecule has 30 heavy (non-hydrogen) atoms. The minimum absolute atomic E-state index is 0.586. The van der Waals surface area contributed by atoms with Gasteiger partial charge in [-0.1, -0.05) is 11.6 Å². The van der Waals surface area contributed by atoms with Gasteiger partial charge in [0.2, 0.25) is 5.95 Å². The van der Waals surface area contributed by atoms with E-state index >= 15 is 0 Å². The molecule has 1 saturated carbocycles. The van der Waals surface area contributed by atoms with E-state index in [1.165, 1.54) is 19.3 Å². The molecule has 0 radical (unpaired) electrons. The summed E-state index contributed by atoms with van der Waals surface area (Å²) in [7, 11) is 0. The van der Waals surface area contributed by atoms with Crippen LogP contribution in [0.3, 0.4) is 0 Å². The largest absolute Gasteiger partial charge is 0.494 e. The van der Waals surface area contributed by atoms with Crippen LogP contribution in [0.25, 0.3) is 5.69 Å². The Kier molecular flexibility index (Phi) is 5.53. The normalized spacial score (nSPS) is 21.6. The van der Waals surface area contributed by atoms with Gasteiger partial charge in [0.05, 0.1) is 42.1 Å². The summed E-state index contributed by atoms with van der Waals surface area (Å²) >= 11 is 5.89. The highest BCUT2D eigenvalue weighted by Crippen LogP contribution is 2.49. The van der Waals surface area contributed by atoms with Crippen molar-refractivity contribution in [2.24, 2.45) is 17.8 Å². The number of hydrogen-bond acceptors (Lipinski definition) is 6. The third kappa shape index (κ3) is 4.41. The Hall–Kier alpha value is -2.67. The van der Waals surface area contributed by atoms with E-state index in [0.29, 0.717) is 5.02 Å². The Bertz CT molecular complexity index is 939. The Labute approximate surface area is 181 Å². The van der Waals surface area contributed by atoms with E-state index in [0.717, 1.165) is 61.3 Å². The molecule has 3 aromatic rings. The average molecular weight is 425 g/mol. The van der Waals surface area contributed by atoms with E-state index in [1.54, 1.807) is 29.6 Å². The van der Waals surface area contributed by atoms with Gasteiger partial charge < -0.3 is 9.64 Å². The zero-order valence-corrected chi connectivity index (χ0v) is 17.5. The first-order chi connectivity index (χ1) is 14.8. The van der Waals surface area contributed by atoms with E-state index in [2.05, 4.69) is 25.1 Å². The van der Waals surface area contributed by atoms with Crippen LogP contribution < -0.4 is 9.64 Å².